The van der Waals surface area contributed by atoms with Crippen LogP contribution >= 0.6 is 0 Å². The summed E-state index contributed by atoms with van der Waals surface area (Å²) in [5, 5.41) is 14.4. The van der Waals surface area contributed by atoms with E-state index in [0.29, 0.717) is 24.2 Å². The van der Waals surface area contributed by atoms with E-state index in [2.05, 4.69) is 10.6 Å². The summed E-state index contributed by atoms with van der Waals surface area (Å²) in [4.78, 5) is 11.9. The maximum absolute atomic E-state index is 12.3. The van der Waals surface area contributed by atoms with Crippen molar-refractivity contribution in [3.8, 4) is 0 Å². The minimum absolute atomic E-state index is 0.0752. The maximum atomic E-state index is 12.3. The van der Waals surface area contributed by atoms with Crippen molar-refractivity contribution in [1.82, 2.24) is 5.32 Å². The van der Waals surface area contributed by atoms with Crippen LogP contribution in [0.25, 0.3) is 0 Å². The summed E-state index contributed by atoms with van der Waals surface area (Å²) in [6, 6.07) is 6.02. The second kappa shape index (κ2) is 8.92. The molecule has 0 saturated heterocycles. The first-order valence-electron chi connectivity index (χ1n) is 7.93. The molecule has 4 nitrogen and oxygen atoms in total. The fourth-order valence-electron chi connectivity index (χ4n) is 2.15. The summed E-state index contributed by atoms with van der Waals surface area (Å²) in [6.45, 7) is 4.37. The number of aliphatic hydroxyl groups is 1. The third kappa shape index (κ3) is 8.19. The molecule has 0 radical (unpaired) electrons. The number of carbonyl (C=O) groups is 1. The number of hydrogen-bond acceptors (Lipinski definition) is 2. The largest absolute Gasteiger partial charge is 0.396 e. The number of hydrogen-bond donors (Lipinski definition) is 3. The summed E-state index contributed by atoms with van der Waals surface area (Å²) in [7, 11) is 0. The topological polar surface area (TPSA) is 61.4 Å². The molecule has 0 aliphatic heterocycles. The Labute approximate surface area is 140 Å². The Morgan fingerprint density at radius 1 is 1.17 bits per heavy atom. The summed E-state index contributed by atoms with van der Waals surface area (Å²) in [6.07, 6.45) is -3.87. The fourth-order valence-corrected chi connectivity index (χ4v) is 2.15. The number of urea groups is 1. The standard InChI is InChI=1S/C17H25F3N2O2/c1-16(2,12-23)9-5-11-21-15(24)22-14-7-4-3-6-13(14)8-10-17(18,19)20/h3-4,6-7,23H,5,8-12H2,1-2H3,(H2,21,22,24). The van der Waals surface area contributed by atoms with Crippen LogP contribution in [0.2, 0.25) is 0 Å². The van der Waals surface area contributed by atoms with Crippen LogP contribution in [0.15, 0.2) is 24.3 Å². The molecule has 0 aliphatic carbocycles. The van der Waals surface area contributed by atoms with Gasteiger partial charge >= 0.3 is 12.2 Å². The van der Waals surface area contributed by atoms with Crippen LogP contribution in [0.1, 0.15) is 38.7 Å². The van der Waals surface area contributed by atoms with Crippen LogP contribution in [0.4, 0.5) is 23.7 Å². The van der Waals surface area contributed by atoms with Gasteiger partial charge < -0.3 is 15.7 Å². The van der Waals surface area contributed by atoms with Gasteiger partial charge in [0.25, 0.3) is 0 Å². The SMILES string of the molecule is CC(C)(CO)CCCNC(=O)Nc1ccccc1CCC(F)(F)F. The summed E-state index contributed by atoms with van der Waals surface area (Å²) >= 11 is 0. The van der Waals surface area contributed by atoms with Gasteiger partial charge in [0.15, 0.2) is 0 Å². The predicted octanol–water partition coefficient (Wildman–Crippen LogP) is 4.10. The third-order valence-electron chi connectivity index (χ3n) is 3.69. The number of carbonyl (C=O) groups excluding carboxylic acids is 1. The highest BCUT2D eigenvalue weighted by Crippen LogP contribution is 2.25. The van der Waals surface area contributed by atoms with E-state index in [-0.39, 0.29) is 18.4 Å². The Bertz CT molecular complexity index is 531. The predicted molar refractivity (Wildman–Crippen MR) is 87.9 cm³/mol. The number of amides is 2. The zero-order valence-electron chi connectivity index (χ0n) is 14.0. The number of anilines is 1. The first-order valence-corrected chi connectivity index (χ1v) is 7.93. The monoisotopic (exact) mass is 346 g/mol. The van der Waals surface area contributed by atoms with Gasteiger partial charge in [-0.15, -0.1) is 0 Å². The van der Waals surface area contributed by atoms with Crippen molar-refractivity contribution in [1.29, 1.82) is 0 Å². The van der Waals surface area contributed by atoms with Crippen molar-refractivity contribution in [3.63, 3.8) is 0 Å². The molecule has 2 amide bonds. The van der Waals surface area contributed by atoms with Gasteiger partial charge in [-0.25, -0.2) is 4.79 Å². The average molecular weight is 346 g/mol. The van der Waals surface area contributed by atoms with Crippen LogP contribution in [0.3, 0.4) is 0 Å². The molecule has 3 N–H and O–H groups in total. The number of aryl methyl sites for hydroxylation is 1. The first-order chi connectivity index (χ1) is 11.1. The minimum Gasteiger partial charge on any atom is -0.396 e. The Morgan fingerprint density at radius 3 is 2.46 bits per heavy atom. The number of para-hydroxylation sites is 1. The second-order valence-corrected chi connectivity index (χ2v) is 6.58. The lowest BCUT2D eigenvalue weighted by atomic mass is 9.89. The van der Waals surface area contributed by atoms with Gasteiger partial charge in [-0.3, -0.25) is 0 Å². The smallest absolute Gasteiger partial charge is 0.389 e. The van der Waals surface area contributed by atoms with Crippen molar-refractivity contribution in [2.75, 3.05) is 18.5 Å². The van der Waals surface area contributed by atoms with Crippen molar-refractivity contribution in [2.24, 2.45) is 5.41 Å². The van der Waals surface area contributed by atoms with E-state index < -0.39 is 18.6 Å². The lowest BCUT2D eigenvalue weighted by Crippen LogP contribution is -2.31. The van der Waals surface area contributed by atoms with Crippen LogP contribution in [-0.4, -0.2) is 30.5 Å². The van der Waals surface area contributed by atoms with Gasteiger partial charge in [0.1, 0.15) is 0 Å². The molecule has 136 valence electrons. The van der Waals surface area contributed by atoms with Gasteiger partial charge in [-0.2, -0.15) is 13.2 Å². The van der Waals surface area contributed by atoms with Gasteiger partial charge in [-0.1, -0.05) is 32.0 Å². The molecule has 0 atom stereocenters. The highest BCUT2D eigenvalue weighted by molar-refractivity contribution is 5.90. The Morgan fingerprint density at radius 2 is 1.83 bits per heavy atom. The van der Waals surface area contributed by atoms with Gasteiger partial charge in [0.05, 0.1) is 0 Å². The average Bonchev–Trinajstić information content (AvgIpc) is 2.50. The normalized spacial score (nSPS) is 12.1. The molecule has 1 rings (SSSR count). The molecule has 1 aromatic carbocycles. The molecular formula is C17H25F3N2O2. The van der Waals surface area contributed by atoms with E-state index in [9.17, 15) is 18.0 Å². The molecule has 0 saturated carbocycles. The van der Waals surface area contributed by atoms with E-state index in [4.69, 9.17) is 5.11 Å². The summed E-state index contributed by atoms with van der Waals surface area (Å²) in [5.41, 5.74) is 0.642. The van der Waals surface area contributed by atoms with Crippen molar-refractivity contribution in [3.05, 3.63) is 29.8 Å². The van der Waals surface area contributed by atoms with Crippen molar-refractivity contribution < 1.29 is 23.1 Å². The number of halogens is 3. The molecule has 0 fully saturated rings. The molecule has 0 spiro atoms. The maximum Gasteiger partial charge on any atom is 0.389 e. The highest BCUT2D eigenvalue weighted by atomic mass is 19.4. The zero-order valence-corrected chi connectivity index (χ0v) is 14.0. The third-order valence-corrected chi connectivity index (χ3v) is 3.69. The molecule has 0 bridgehead atoms. The van der Waals surface area contributed by atoms with Crippen molar-refractivity contribution >= 4 is 11.7 Å². The van der Waals surface area contributed by atoms with Gasteiger partial charge in [0, 0.05) is 25.3 Å². The van der Waals surface area contributed by atoms with Crippen LogP contribution in [0, 0.1) is 5.41 Å². The van der Waals surface area contributed by atoms with E-state index >= 15 is 0 Å². The van der Waals surface area contributed by atoms with Crippen LogP contribution in [0.5, 0.6) is 0 Å². The van der Waals surface area contributed by atoms with Gasteiger partial charge in [-0.05, 0) is 36.3 Å². The second-order valence-electron chi connectivity index (χ2n) is 6.58. The molecular weight excluding hydrogens is 321 g/mol. The van der Waals surface area contributed by atoms with E-state index in [1.54, 1.807) is 24.3 Å². The highest BCUT2D eigenvalue weighted by Gasteiger charge is 2.27. The number of aliphatic hydroxyl groups excluding tert-OH is 1. The molecule has 24 heavy (non-hydrogen) atoms. The number of nitrogens with one attached hydrogen (secondary N) is 2. The van der Waals surface area contributed by atoms with E-state index in [0.717, 1.165) is 6.42 Å². The zero-order chi connectivity index (χ0) is 18.2. The minimum atomic E-state index is -4.23. The van der Waals surface area contributed by atoms with E-state index in [1.807, 2.05) is 13.8 Å². The quantitative estimate of drug-likeness (QED) is 0.621. The number of benzene rings is 1. The molecule has 0 unspecified atom stereocenters. The number of alkyl halides is 3. The fraction of sp³-hybridized carbons (Fsp3) is 0.588. The molecule has 0 aromatic heterocycles. The summed E-state index contributed by atoms with van der Waals surface area (Å²) < 4.78 is 37.0. The van der Waals surface area contributed by atoms with Gasteiger partial charge in [0.2, 0.25) is 0 Å². The first kappa shape index (κ1) is 20.3. The molecule has 7 heteroatoms. The lowest BCUT2D eigenvalue weighted by molar-refractivity contribution is -0.133. The molecule has 1 aromatic rings. The van der Waals surface area contributed by atoms with Crippen molar-refractivity contribution in [2.45, 2.75) is 45.7 Å². The molecule has 0 aliphatic rings. The van der Waals surface area contributed by atoms with Crippen LogP contribution in [-0.2, 0) is 6.42 Å². The Hall–Kier alpha value is -1.76. The Balaban J connectivity index is 2.47. The van der Waals surface area contributed by atoms with Crippen LogP contribution < -0.4 is 10.6 Å². The number of rotatable bonds is 8. The lowest BCUT2D eigenvalue weighted by Gasteiger charge is -2.21. The Kier molecular flexibility index (Phi) is 7.54. The van der Waals surface area contributed by atoms with E-state index in [1.165, 1.54) is 0 Å². The summed E-state index contributed by atoms with van der Waals surface area (Å²) in [5.74, 6) is 0. The molecule has 0 heterocycles.